The Morgan fingerprint density at radius 3 is 0.966 bits per heavy atom. The summed E-state index contributed by atoms with van der Waals surface area (Å²) in [5, 5.41) is 9.76. The topological polar surface area (TPSA) is 108 Å². The molecule has 89 heavy (non-hydrogen) atoms. The van der Waals surface area contributed by atoms with E-state index in [2.05, 4.69) is 98.9 Å². The van der Waals surface area contributed by atoms with Crippen molar-refractivity contribution in [3.63, 3.8) is 0 Å². The summed E-state index contributed by atoms with van der Waals surface area (Å²) in [5.41, 5.74) is 0. The molecule has 1 N–H and O–H groups in total. The number of ether oxygens (including phenoxy) is 4. The molecular formula is C80H144NO8+. The number of carboxylic acids is 1. The van der Waals surface area contributed by atoms with Crippen molar-refractivity contribution in [2.45, 2.75) is 360 Å². The number of hydrogen-bond donors (Lipinski definition) is 1. The number of carbonyl (C=O) groups is 3. The number of hydrogen-bond acceptors (Lipinski definition) is 7. The predicted octanol–water partition coefficient (Wildman–Crippen LogP) is 23.8. The number of nitrogens with zero attached hydrogens (tertiary/aromatic N) is 1. The van der Waals surface area contributed by atoms with Crippen LogP contribution in [0.25, 0.3) is 0 Å². The Balaban J connectivity index is 4.06. The van der Waals surface area contributed by atoms with Crippen molar-refractivity contribution in [2.24, 2.45) is 0 Å². The maximum atomic E-state index is 13.0. The molecule has 516 valence electrons. The quantitative estimate of drug-likeness (QED) is 0.0211. The minimum Gasteiger partial charge on any atom is -0.477 e. The van der Waals surface area contributed by atoms with E-state index in [9.17, 15) is 19.5 Å². The Morgan fingerprint density at radius 1 is 0.348 bits per heavy atom. The average molecular weight is 1250 g/mol. The van der Waals surface area contributed by atoms with Gasteiger partial charge in [0, 0.05) is 12.8 Å². The van der Waals surface area contributed by atoms with Crippen molar-refractivity contribution in [2.75, 3.05) is 47.5 Å². The van der Waals surface area contributed by atoms with Crippen molar-refractivity contribution in [3.8, 4) is 0 Å². The Labute approximate surface area is 550 Å². The van der Waals surface area contributed by atoms with Crippen LogP contribution in [0.2, 0.25) is 0 Å². The highest BCUT2D eigenvalue weighted by molar-refractivity contribution is 5.71. The predicted molar refractivity (Wildman–Crippen MR) is 382 cm³/mol. The van der Waals surface area contributed by atoms with E-state index in [0.29, 0.717) is 17.4 Å². The number of rotatable bonds is 70. The zero-order valence-corrected chi connectivity index (χ0v) is 59.1. The molecule has 0 aromatic carbocycles. The van der Waals surface area contributed by atoms with Gasteiger partial charge in [-0.3, -0.25) is 9.59 Å². The van der Waals surface area contributed by atoms with Crippen molar-refractivity contribution < 1.29 is 42.9 Å². The number of likely N-dealkylation sites (N-methyl/N-ethyl adjacent to an activating group) is 1. The highest BCUT2D eigenvalue weighted by Gasteiger charge is 2.25. The van der Waals surface area contributed by atoms with Gasteiger partial charge in [0.1, 0.15) is 13.2 Å². The van der Waals surface area contributed by atoms with Crippen molar-refractivity contribution >= 4 is 17.9 Å². The smallest absolute Gasteiger partial charge is 0.361 e. The lowest BCUT2D eigenvalue weighted by Gasteiger charge is -2.25. The van der Waals surface area contributed by atoms with Gasteiger partial charge in [0.15, 0.2) is 6.10 Å². The number of esters is 2. The monoisotopic (exact) mass is 1250 g/mol. The third-order valence-corrected chi connectivity index (χ3v) is 16.6. The summed E-state index contributed by atoms with van der Waals surface area (Å²) in [5.74, 6) is -1.99. The first-order chi connectivity index (χ1) is 43.6. The minimum atomic E-state index is -1.51. The summed E-state index contributed by atoms with van der Waals surface area (Å²) in [6.07, 6.45) is 92.9. The summed E-state index contributed by atoms with van der Waals surface area (Å²) >= 11 is 0. The molecule has 0 aromatic heterocycles. The molecule has 0 saturated heterocycles. The van der Waals surface area contributed by atoms with E-state index in [1.807, 2.05) is 21.1 Å². The lowest BCUT2D eigenvalue weighted by atomic mass is 10.0. The van der Waals surface area contributed by atoms with Gasteiger partial charge in [0.2, 0.25) is 0 Å². The van der Waals surface area contributed by atoms with Crippen LogP contribution in [0.3, 0.4) is 0 Å². The summed E-state index contributed by atoms with van der Waals surface area (Å²) in [4.78, 5) is 37.7. The highest BCUT2D eigenvalue weighted by Crippen LogP contribution is 2.18. The van der Waals surface area contributed by atoms with Crippen LogP contribution in [0.5, 0.6) is 0 Å². The molecule has 0 bridgehead atoms. The van der Waals surface area contributed by atoms with Gasteiger partial charge in [-0.05, 0) is 89.9 Å². The number of carbonyl (C=O) groups excluding carboxylic acids is 2. The molecule has 9 heteroatoms. The van der Waals surface area contributed by atoms with Crippen LogP contribution in [-0.2, 0) is 33.3 Å². The molecule has 0 aliphatic rings. The van der Waals surface area contributed by atoms with Crippen LogP contribution < -0.4 is 0 Å². The van der Waals surface area contributed by atoms with Crippen molar-refractivity contribution in [3.05, 3.63) is 85.1 Å². The second-order valence-electron chi connectivity index (χ2n) is 26.6. The SMILES string of the molecule is CC/C=C\C/C=C\C/C=C\C/C=C\C/C=C\C/C=C\CCCCCCCCCCCCCCC(=O)OC(COC(=O)CCCCCCCCCCCCCCCCCCCCCCC/C=C\CCCCCCCCCC)COC(OCC[N+](C)(C)C)C(=O)O. The number of allylic oxidation sites excluding steroid dienone is 14. The summed E-state index contributed by atoms with van der Waals surface area (Å²) in [6, 6.07) is 0. The third kappa shape index (κ3) is 71.8. The maximum absolute atomic E-state index is 13.0. The number of aliphatic carboxylic acids is 1. The first kappa shape index (κ1) is 85.5. The molecule has 0 heterocycles. The fraction of sp³-hybridized carbons (Fsp3) is 0.787. The van der Waals surface area contributed by atoms with Gasteiger partial charge >= 0.3 is 17.9 Å². The van der Waals surface area contributed by atoms with Crippen LogP contribution in [0, 0.1) is 0 Å². The van der Waals surface area contributed by atoms with Gasteiger partial charge in [-0.2, -0.15) is 0 Å². The summed E-state index contributed by atoms with van der Waals surface area (Å²) in [6.45, 7) is 4.81. The maximum Gasteiger partial charge on any atom is 0.361 e. The molecule has 0 saturated carbocycles. The number of unbranched alkanes of at least 4 members (excludes halogenated alkanes) is 41. The van der Waals surface area contributed by atoms with Crippen LogP contribution in [0.4, 0.5) is 0 Å². The second kappa shape index (κ2) is 70.3. The van der Waals surface area contributed by atoms with Gasteiger partial charge in [-0.15, -0.1) is 0 Å². The molecular weight excluding hydrogens is 1100 g/mol. The van der Waals surface area contributed by atoms with E-state index in [1.54, 1.807) is 0 Å². The molecule has 0 aliphatic heterocycles. The molecule has 0 rings (SSSR count). The normalized spacial score (nSPS) is 13.1. The van der Waals surface area contributed by atoms with E-state index in [-0.39, 0.29) is 32.2 Å². The zero-order chi connectivity index (χ0) is 64.7. The third-order valence-electron chi connectivity index (χ3n) is 16.6. The summed E-state index contributed by atoms with van der Waals surface area (Å²) < 4.78 is 23.0. The van der Waals surface area contributed by atoms with E-state index in [4.69, 9.17) is 18.9 Å². The molecule has 0 radical (unpaired) electrons. The highest BCUT2D eigenvalue weighted by atomic mass is 16.7. The van der Waals surface area contributed by atoms with Gasteiger partial charge in [0.05, 0.1) is 34.4 Å². The van der Waals surface area contributed by atoms with Crippen molar-refractivity contribution in [1.82, 2.24) is 0 Å². The molecule has 0 fully saturated rings. The summed E-state index contributed by atoms with van der Waals surface area (Å²) in [7, 11) is 5.99. The fourth-order valence-corrected chi connectivity index (χ4v) is 10.9. The largest absolute Gasteiger partial charge is 0.477 e. The van der Waals surface area contributed by atoms with Gasteiger partial charge < -0.3 is 28.5 Å². The number of quaternary nitrogens is 1. The Bertz CT molecular complexity index is 1740. The fourth-order valence-electron chi connectivity index (χ4n) is 10.9. The van der Waals surface area contributed by atoms with Gasteiger partial charge in [-0.25, -0.2) is 4.79 Å². The molecule has 2 atom stereocenters. The molecule has 0 aromatic rings. The second-order valence-corrected chi connectivity index (χ2v) is 26.6. The molecule has 0 amide bonds. The van der Waals surface area contributed by atoms with Crippen LogP contribution in [0.1, 0.15) is 348 Å². The minimum absolute atomic E-state index is 0.182. The Hall–Kier alpha value is -3.53. The zero-order valence-electron chi connectivity index (χ0n) is 59.1. The van der Waals surface area contributed by atoms with Crippen LogP contribution in [0.15, 0.2) is 85.1 Å². The lowest BCUT2D eigenvalue weighted by Crippen LogP contribution is -2.40. The number of carboxylic acid groups (broad SMARTS) is 1. The van der Waals surface area contributed by atoms with E-state index in [0.717, 1.165) is 83.5 Å². The van der Waals surface area contributed by atoms with Crippen LogP contribution >= 0.6 is 0 Å². The average Bonchev–Trinajstić information content (AvgIpc) is 3.64. The Kier molecular flexibility index (Phi) is 67.6. The van der Waals surface area contributed by atoms with E-state index in [1.165, 1.54) is 238 Å². The molecule has 9 nitrogen and oxygen atoms in total. The standard InChI is InChI=1S/C80H143NO8/c1-6-8-10-12-14-16-18-20-22-24-26-28-30-32-34-36-38-39-41-42-44-46-48-50-52-54-56-58-60-62-64-66-68-70-77(82)87-74-76(75-88-80(79(84)85)86-73-72-81(3,4)5)89-78(83)71-69-67-65-63-61-59-57-55-53-51-49-47-45-43-40-37-35-33-31-29-27-25-23-21-19-17-15-13-11-9-7-2/h9,11,15,17,21,23-24,26-27,29,33,35,40,43,76,80H,6-8,10,12-14,16,18-20,22,25,28,30-32,34,36-39,41-42,44-75H2,1-5H3/p+1/b11-9-,17-15-,23-21-,26-24-,29-27-,35-33-,43-40-. The van der Waals surface area contributed by atoms with Crippen molar-refractivity contribution in [1.29, 1.82) is 0 Å². The molecule has 2 unspecified atom stereocenters. The Morgan fingerprint density at radius 2 is 0.640 bits per heavy atom. The first-order valence-corrected chi connectivity index (χ1v) is 37.8. The van der Waals surface area contributed by atoms with E-state index < -0.39 is 24.3 Å². The lowest BCUT2D eigenvalue weighted by molar-refractivity contribution is -0.870. The van der Waals surface area contributed by atoms with E-state index >= 15 is 0 Å². The first-order valence-electron chi connectivity index (χ1n) is 37.8. The molecule has 0 spiro atoms. The van der Waals surface area contributed by atoms with Gasteiger partial charge in [-0.1, -0.05) is 330 Å². The van der Waals surface area contributed by atoms with Gasteiger partial charge in [0.25, 0.3) is 6.29 Å². The molecule has 0 aliphatic carbocycles. The van der Waals surface area contributed by atoms with Crippen LogP contribution in [-0.4, -0.2) is 87.4 Å².